The van der Waals surface area contributed by atoms with Crippen molar-refractivity contribution < 1.29 is 43.8 Å². The number of aliphatic hydroxyl groups excluding tert-OH is 2. The summed E-state index contributed by atoms with van der Waals surface area (Å²) in [5.41, 5.74) is 17.0. The summed E-state index contributed by atoms with van der Waals surface area (Å²) in [6, 6.07) is -7.93. The molecule has 19 nitrogen and oxygen atoms in total. The van der Waals surface area contributed by atoms with Gasteiger partial charge in [0.1, 0.15) is 36.3 Å². The Kier molecular flexibility index (Phi) is 19.3. The number of nitrogens with one attached hydrogen (secondary N) is 7. The summed E-state index contributed by atoms with van der Waals surface area (Å²) in [4.78, 5) is 92.2. The number of hydrogen-bond acceptors (Lipinski definition) is 12. The molecule has 19 heteroatoms. The first-order chi connectivity index (χ1) is 23.1. The van der Waals surface area contributed by atoms with Crippen LogP contribution in [-0.4, -0.2) is 126 Å². The van der Waals surface area contributed by atoms with Crippen LogP contribution in [0.2, 0.25) is 0 Å². The van der Waals surface area contributed by atoms with Crippen molar-refractivity contribution in [2.24, 2.45) is 23.1 Å². The average molecular weight is 701 g/mol. The summed E-state index contributed by atoms with van der Waals surface area (Å²) in [6.07, 6.45) is -2.82. The Labute approximate surface area is 286 Å². The molecule has 0 aromatic carbocycles. The molecule has 7 amide bonds. The molecule has 0 spiro atoms. The quantitative estimate of drug-likeness (QED) is 0.102. The molecule has 1 rings (SSSR count). The minimum atomic E-state index is -1.58. The highest BCUT2D eigenvalue weighted by Crippen LogP contribution is 2.09. The van der Waals surface area contributed by atoms with Gasteiger partial charge in [0.05, 0.1) is 12.2 Å². The normalized spacial score (nSPS) is 27.4. The van der Waals surface area contributed by atoms with Gasteiger partial charge in [-0.15, -0.1) is 0 Å². The largest absolute Gasteiger partial charge is 0.391 e. The minimum absolute atomic E-state index is 0.0237. The average Bonchev–Trinajstić information content (AvgIpc) is 3.01. The van der Waals surface area contributed by atoms with Crippen LogP contribution in [0.25, 0.3) is 0 Å². The van der Waals surface area contributed by atoms with Crippen molar-refractivity contribution in [3.63, 3.8) is 0 Å². The topological polar surface area (TPSA) is 322 Å². The molecular weight excluding hydrogens is 644 g/mol. The lowest BCUT2D eigenvalue weighted by atomic mass is 10.0. The molecule has 15 N–H and O–H groups in total. The lowest BCUT2D eigenvalue weighted by Gasteiger charge is -2.29. The lowest BCUT2D eigenvalue weighted by molar-refractivity contribution is -0.137. The Morgan fingerprint density at radius 2 is 0.959 bits per heavy atom. The van der Waals surface area contributed by atoms with Gasteiger partial charge in [-0.25, -0.2) is 0 Å². The first-order valence-corrected chi connectivity index (χ1v) is 16.6. The summed E-state index contributed by atoms with van der Waals surface area (Å²) < 4.78 is 0. The first-order valence-electron chi connectivity index (χ1n) is 16.6. The zero-order valence-corrected chi connectivity index (χ0v) is 28.8. The highest BCUT2D eigenvalue weighted by molar-refractivity contribution is 5.97. The number of nitrogens with two attached hydrogens (primary N) is 3. The van der Waals surface area contributed by atoms with Crippen LogP contribution in [0, 0.1) is 5.92 Å². The molecule has 1 saturated heterocycles. The fourth-order valence-electron chi connectivity index (χ4n) is 4.97. The van der Waals surface area contributed by atoms with Crippen LogP contribution in [-0.2, 0) is 33.6 Å². The molecular formula is C30H56N10O9. The third kappa shape index (κ3) is 15.0. The van der Waals surface area contributed by atoms with E-state index >= 15 is 0 Å². The molecule has 0 aromatic rings. The van der Waals surface area contributed by atoms with Crippen molar-refractivity contribution in [2.45, 2.75) is 115 Å². The zero-order chi connectivity index (χ0) is 37.3. The Morgan fingerprint density at radius 3 is 1.41 bits per heavy atom. The zero-order valence-electron chi connectivity index (χ0n) is 28.8. The number of carbonyl (C=O) groups excluding carboxylic acids is 7. The van der Waals surface area contributed by atoms with Gasteiger partial charge in [-0.2, -0.15) is 0 Å². The van der Waals surface area contributed by atoms with Crippen LogP contribution in [0.1, 0.15) is 66.2 Å². The number of rotatable bonds is 10. The summed E-state index contributed by atoms with van der Waals surface area (Å²) >= 11 is 0. The van der Waals surface area contributed by atoms with E-state index in [4.69, 9.17) is 17.2 Å². The minimum Gasteiger partial charge on any atom is -0.391 e. The van der Waals surface area contributed by atoms with Crippen LogP contribution >= 0.6 is 0 Å². The van der Waals surface area contributed by atoms with Gasteiger partial charge >= 0.3 is 0 Å². The summed E-state index contributed by atoms with van der Waals surface area (Å²) in [5.74, 6) is -5.55. The van der Waals surface area contributed by atoms with Crippen molar-refractivity contribution in [3.8, 4) is 0 Å². The Bertz CT molecular complexity index is 1140. The van der Waals surface area contributed by atoms with E-state index in [-0.39, 0.29) is 70.6 Å². The van der Waals surface area contributed by atoms with Gasteiger partial charge in [-0.1, -0.05) is 13.8 Å². The second-order valence-corrected chi connectivity index (χ2v) is 12.5. The van der Waals surface area contributed by atoms with Gasteiger partial charge < -0.3 is 64.6 Å². The molecule has 0 radical (unpaired) electrons. The maximum Gasteiger partial charge on any atom is 0.245 e. The van der Waals surface area contributed by atoms with E-state index in [0.717, 1.165) is 0 Å². The van der Waals surface area contributed by atoms with E-state index in [0.29, 0.717) is 0 Å². The van der Waals surface area contributed by atoms with Crippen LogP contribution in [0.5, 0.6) is 0 Å². The van der Waals surface area contributed by atoms with Gasteiger partial charge in [0.2, 0.25) is 41.4 Å². The second kappa shape index (κ2) is 21.9. The standard InChI is InChI=1S/C30H56N10O9/c1-15(2)14-21-28(47)40-24(17(4)42)30(49)37-19(8-11-32)26(45)36-20(9-12-33)27(46)39-23(16(3)41)29(48)34-13-5-6-22(43)35-18(7-10-31)25(44)38-21/h15-21,23-24,41-42H,5-14,31-33H2,1-4H3,(H,34,48)(H,35,43)(H,36,45)(H,37,49)(H,38,44)(H,39,46)(H,40,47)/t16?,17?,18-,19?,20?,21+,23?,24?/m0/s1. The van der Waals surface area contributed by atoms with Gasteiger partial charge in [-0.3, -0.25) is 33.6 Å². The van der Waals surface area contributed by atoms with E-state index in [1.807, 2.05) is 0 Å². The van der Waals surface area contributed by atoms with Crippen LogP contribution < -0.4 is 54.4 Å². The molecule has 6 unspecified atom stereocenters. The third-order valence-corrected chi connectivity index (χ3v) is 7.63. The van der Waals surface area contributed by atoms with E-state index in [2.05, 4.69) is 37.2 Å². The third-order valence-electron chi connectivity index (χ3n) is 7.63. The predicted octanol–water partition coefficient (Wildman–Crippen LogP) is -5.34. The Balaban J connectivity index is 3.53. The molecule has 8 atom stereocenters. The Morgan fingerprint density at radius 1 is 0.571 bits per heavy atom. The van der Waals surface area contributed by atoms with Crippen molar-refractivity contribution >= 4 is 41.4 Å². The molecule has 0 aliphatic carbocycles. The lowest BCUT2D eigenvalue weighted by Crippen LogP contribution is -2.62. The number of aliphatic hydroxyl groups is 2. The monoisotopic (exact) mass is 700 g/mol. The van der Waals surface area contributed by atoms with Crippen molar-refractivity contribution in [3.05, 3.63) is 0 Å². The molecule has 1 aliphatic heterocycles. The summed E-state index contributed by atoms with van der Waals surface area (Å²) in [7, 11) is 0. The molecule has 49 heavy (non-hydrogen) atoms. The van der Waals surface area contributed by atoms with Crippen molar-refractivity contribution in [1.82, 2.24) is 37.2 Å². The van der Waals surface area contributed by atoms with E-state index in [1.165, 1.54) is 13.8 Å². The molecule has 280 valence electrons. The van der Waals surface area contributed by atoms with Crippen LogP contribution in [0.3, 0.4) is 0 Å². The summed E-state index contributed by atoms with van der Waals surface area (Å²) in [6.45, 7) is 5.99. The fraction of sp³-hybridized carbons (Fsp3) is 0.767. The molecule has 1 heterocycles. The predicted molar refractivity (Wildman–Crippen MR) is 178 cm³/mol. The molecule has 1 fully saturated rings. The van der Waals surface area contributed by atoms with Crippen molar-refractivity contribution in [2.75, 3.05) is 26.2 Å². The molecule has 0 aromatic heterocycles. The van der Waals surface area contributed by atoms with E-state index in [1.54, 1.807) is 13.8 Å². The van der Waals surface area contributed by atoms with Gasteiger partial charge in [0.25, 0.3) is 0 Å². The fourth-order valence-corrected chi connectivity index (χ4v) is 4.97. The number of amides is 7. The molecule has 0 bridgehead atoms. The number of hydrogen-bond donors (Lipinski definition) is 12. The van der Waals surface area contributed by atoms with E-state index < -0.39 is 89.8 Å². The second-order valence-electron chi connectivity index (χ2n) is 12.5. The maximum atomic E-state index is 13.5. The van der Waals surface area contributed by atoms with Gasteiger partial charge in [0, 0.05) is 13.0 Å². The van der Waals surface area contributed by atoms with Gasteiger partial charge in [0.15, 0.2) is 0 Å². The summed E-state index contributed by atoms with van der Waals surface area (Å²) in [5, 5.41) is 38.2. The van der Waals surface area contributed by atoms with E-state index in [9.17, 15) is 43.8 Å². The highest BCUT2D eigenvalue weighted by atomic mass is 16.3. The SMILES string of the molecule is CC(C)C[C@H]1NC(=O)[C@H](CCN)NC(=O)CCCNC(=O)C(C(C)O)NC(=O)C(CCN)NC(=O)C(CCN)NC(=O)C(C(C)O)NC1=O. The number of carbonyl (C=O) groups is 7. The van der Waals surface area contributed by atoms with Crippen LogP contribution in [0.15, 0.2) is 0 Å². The molecule has 0 saturated carbocycles. The smallest absolute Gasteiger partial charge is 0.245 e. The van der Waals surface area contributed by atoms with Crippen LogP contribution in [0.4, 0.5) is 0 Å². The van der Waals surface area contributed by atoms with Crippen molar-refractivity contribution in [1.29, 1.82) is 0 Å². The molecule has 1 aliphatic rings. The highest BCUT2D eigenvalue weighted by Gasteiger charge is 2.35. The Hall–Kier alpha value is -3.91. The first kappa shape index (κ1) is 43.1. The maximum absolute atomic E-state index is 13.5. The van der Waals surface area contributed by atoms with Gasteiger partial charge in [-0.05, 0) is 71.5 Å².